The summed E-state index contributed by atoms with van der Waals surface area (Å²) >= 11 is 0. The fourth-order valence-electron chi connectivity index (χ4n) is 3.50. The molecule has 6 nitrogen and oxygen atoms in total. The van der Waals surface area contributed by atoms with E-state index in [1.807, 2.05) is 66.9 Å². The number of benzene rings is 1. The Kier molecular flexibility index (Phi) is 8.72. The lowest BCUT2D eigenvalue weighted by Gasteiger charge is -2.30. The summed E-state index contributed by atoms with van der Waals surface area (Å²) in [7, 11) is 1.98. The van der Waals surface area contributed by atoms with Crippen molar-refractivity contribution in [3.8, 4) is 0 Å². The number of aromatic nitrogens is 1. The van der Waals surface area contributed by atoms with E-state index in [1.165, 1.54) is 5.56 Å². The first-order valence-corrected chi connectivity index (χ1v) is 11.1. The zero-order valence-electron chi connectivity index (χ0n) is 20.1. The molecule has 0 atom stereocenters. The third kappa shape index (κ3) is 7.46. The first-order chi connectivity index (χ1) is 14.6. The minimum Gasteiger partial charge on any atom is -0.353 e. The summed E-state index contributed by atoms with van der Waals surface area (Å²) in [6.45, 7) is 14.1. The van der Waals surface area contributed by atoms with E-state index in [-0.39, 0.29) is 24.4 Å². The van der Waals surface area contributed by atoms with Crippen LogP contribution in [0.4, 0.5) is 10.5 Å². The molecule has 2 rings (SSSR count). The van der Waals surface area contributed by atoms with Crippen LogP contribution in [0.3, 0.4) is 0 Å². The first-order valence-electron chi connectivity index (χ1n) is 11.1. The van der Waals surface area contributed by atoms with Gasteiger partial charge in [0.05, 0.1) is 6.54 Å². The number of rotatable bonds is 9. The summed E-state index contributed by atoms with van der Waals surface area (Å²) in [5.41, 5.74) is 4.12. The second-order valence-corrected chi connectivity index (χ2v) is 9.28. The monoisotopic (exact) mass is 426 g/mol. The zero-order chi connectivity index (χ0) is 23.1. The molecule has 0 spiro atoms. The van der Waals surface area contributed by atoms with Gasteiger partial charge in [0.1, 0.15) is 6.54 Å². The van der Waals surface area contributed by atoms with Crippen LogP contribution in [0.1, 0.15) is 44.5 Å². The summed E-state index contributed by atoms with van der Waals surface area (Å²) in [4.78, 5) is 29.8. The number of hydrogen-bond acceptors (Lipinski definition) is 2. The van der Waals surface area contributed by atoms with Crippen molar-refractivity contribution in [3.05, 3.63) is 53.3 Å². The van der Waals surface area contributed by atoms with Crippen LogP contribution in [0, 0.1) is 25.7 Å². The molecule has 0 radical (unpaired) electrons. The van der Waals surface area contributed by atoms with Crippen molar-refractivity contribution in [3.63, 3.8) is 0 Å². The van der Waals surface area contributed by atoms with Gasteiger partial charge in [-0.1, -0.05) is 33.8 Å². The molecule has 1 N–H and O–H groups in total. The summed E-state index contributed by atoms with van der Waals surface area (Å²) < 4.78 is 2.03. The number of nitrogens with zero attached hydrogens (tertiary/aromatic N) is 3. The van der Waals surface area contributed by atoms with Crippen LogP contribution in [0.15, 0.2) is 36.5 Å². The lowest BCUT2D eigenvalue weighted by molar-refractivity contribution is -0.133. The van der Waals surface area contributed by atoms with Gasteiger partial charge in [0.2, 0.25) is 5.91 Å². The SMILES string of the molecule is Cc1ccc(NC(=O)N(CC(=O)N(Cc2cccn2C)CC(C)C)CC(C)C)cc1C. The van der Waals surface area contributed by atoms with Gasteiger partial charge in [-0.15, -0.1) is 0 Å². The molecule has 0 saturated carbocycles. The molecule has 0 bridgehead atoms. The Morgan fingerprint density at radius 2 is 1.61 bits per heavy atom. The third-order valence-corrected chi connectivity index (χ3v) is 5.30. The summed E-state index contributed by atoms with van der Waals surface area (Å²) in [5, 5.41) is 2.97. The number of hydrogen-bond donors (Lipinski definition) is 1. The van der Waals surface area contributed by atoms with Gasteiger partial charge in [-0.25, -0.2) is 4.79 Å². The van der Waals surface area contributed by atoms with E-state index >= 15 is 0 Å². The van der Waals surface area contributed by atoms with E-state index in [4.69, 9.17) is 0 Å². The number of nitrogens with one attached hydrogen (secondary N) is 1. The molecule has 6 heteroatoms. The highest BCUT2D eigenvalue weighted by molar-refractivity contribution is 5.92. The van der Waals surface area contributed by atoms with Crippen LogP contribution >= 0.6 is 0 Å². The molecular weight excluding hydrogens is 388 g/mol. The summed E-state index contributed by atoms with van der Waals surface area (Å²) in [5.74, 6) is 0.558. The molecule has 0 unspecified atom stereocenters. The van der Waals surface area contributed by atoms with Gasteiger partial charge in [-0.05, 0) is 61.1 Å². The minimum atomic E-state index is -0.242. The van der Waals surface area contributed by atoms with Gasteiger partial charge in [-0.2, -0.15) is 0 Å². The largest absolute Gasteiger partial charge is 0.353 e. The van der Waals surface area contributed by atoms with Gasteiger partial charge in [0, 0.05) is 37.7 Å². The second kappa shape index (κ2) is 11.0. The van der Waals surface area contributed by atoms with Crippen molar-refractivity contribution in [2.75, 3.05) is 25.0 Å². The van der Waals surface area contributed by atoms with Crippen molar-refractivity contribution in [2.45, 2.75) is 48.1 Å². The molecule has 31 heavy (non-hydrogen) atoms. The molecule has 0 aliphatic rings. The van der Waals surface area contributed by atoms with E-state index in [2.05, 4.69) is 33.0 Å². The molecule has 0 fully saturated rings. The molecule has 1 heterocycles. The number of aryl methyl sites for hydroxylation is 3. The van der Waals surface area contributed by atoms with E-state index in [0.717, 1.165) is 16.9 Å². The van der Waals surface area contributed by atoms with Crippen molar-refractivity contribution in [1.29, 1.82) is 0 Å². The Morgan fingerprint density at radius 3 is 2.16 bits per heavy atom. The average molecular weight is 427 g/mol. The Hall–Kier alpha value is -2.76. The highest BCUT2D eigenvalue weighted by atomic mass is 16.2. The van der Waals surface area contributed by atoms with Crippen LogP contribution in [-0.2, 0) is 18.4 Å². The minimum absolute atomic E-state index is 0.0363. The standard InChI is InChI=1S/C25H38N4O2/c1-18(2)14-28(16-23-9-8-12-27(23)7)24(30)17-29(15-19(3)4)25(31)26-22-11-10-20(5)21(6)13-22/h8-13,18-19H,14-17H2,1-7H3,(H,26,31). The van der Waals surface area contributed by atoms with E-state index in [1.54, 1.807) is 4.90 Å². The van der Waals surface area contributed by atoms with Crippen LogP contribution in [0.5, 0.6) is 0 Å². The van der Waals surface area contributed by atoms with Crippen molar-refractivity contribution < 1.29 is 9.59 Å². The molecular formula is C25H38N4O2. The smallest absolute Gasteiger partial charge is 0.322 e. The molecule has 0 aliphatic heterocycles. The predicted octanol–water partition coefficient (Wildman–Crippen LogP) is 4.82. The number of amides is 3. The maximum atomic E-state index is 13.3. The van der Waals surface area contributed by atoms with E-state index < -0.39 is 0 Å². The highest BCUT2D eigenvalue weighted by Crippen LogP contribution is 2.16. The Bertz CT molecular complexity index is 885. The number of carbonyl (C=O) groups excluding carboxylic acids is 2. The number of anilines is 1. The van der Waals surface area contributed by atoms with E-state index in [9.17, 15) is 9.59 Å². The maximum Gasteiger partial charge on any atom is 0.322 e. The maximum absolute atomic E-state index is 13.3. The molecule has 2 aromatic rings. The quantitative estimate of drug-likeness (QED) is 0.625. The van der Waals surface area contributed by atoms with Crippen LogP contribution < -0.4 is 5.32 Å². The van der Waals surface area contributed by atoms with Crippen molar-refractivity contribution in [2.24, 2.45) is 18.9 Å². The van der Waals surface area contributed by atoms with Gasteiger partial charge < -0.3 is 19.7 Å². The fourth-order valence-corrected chi connectivity index (χ4v) is 3.50. The average Bonchev–Trinajstić information content (AvgIpc) is 3.07. The van der Waals surface area contributed by atoms with Crippen molar-refractivity contribution >= 4 is 17.6 Å². The first kappa shape index (κ1) is 24.5. The Balaban J connectivity index is 2.15. The number of carbonyl (C=O) groups is 2. The molecule has 1 aromatic heterocycles. The lowest BCUT2D eigenvalue weighted by Crippen LogP contribution is -2.46. The highest BCUT2D eigenvalue weighted by Gasteiger charge is 2.23. The molecule has 1 aromatic carbocycles. The number of urea groups is 1. The molecule has 170 valence electrons. The van der Waals surface area contributed by atoms with Crippen molar-refractivity contribution in [1.82, 2.24) is 14.4 Å². The Labute approximate surface area is 187 Å². The van der Waals surface area contributed by atoms with E-state index in [0.29, 0.717) is 25.6 Å². The van der Waals surface area contributed by atoms with Gasteiger partial charge in [-0.3, -0.25) is 4.79 Å². The van der Waals surface area contributed by atoms with Crippen LogP contribution in [0.25, 0.3) is 0 Å². The topological polar surface area (TPSA) is 57.6 Å². The molecule has 3 amide bonds. The molecule has 0 saturated heterocycles. The second-order valence-electron chi connectivity index (χ2n) is 9.28. The summed E-state index contributed by atoms with van der Waals surface area (Å²) in [6.07, 6.45) is 1.98. The fraction of sp³-hybridized carbons (Fsp3) is 0.520. The molecule has 0 aliphatic carbocycles. The third-order valence-electron chi connectivity index (χ3n) is 5.30. The normalized spacial score (nSPS) is 11.1. The Morgan fingerprint density at radius 1 is 0.968 bits per heavy atom. The lowest BCUT2D eigenvalue weighted by atomic mass is 10.1. The van der Waals surface area contributed by atoms with Gasteiger partial charge >= 0.3 is 6.03 Å². The zero-order valence-corrected chi connectivity index (χ0v) is 20.1. The van der Waals surface area contributed by atoms with Crippen LogP contribution in [0.2, 0.25) is 0 Å². The van der Waals surface area contributed by atoms with Gasteiger partial charge in [0.15, 0.2) is 0 Å². The summed E-state index contributed by atoms with van der Waals surface area (Å²) in [6, 6.07) is 9.62. The van der Waals surface area contributed by atoms with Gasteiger partial charge in [0.25, 0.3) is 0 Å². The van der Waals surface area contributed by atoms with Crippen LogP contribution in [-0.4, -0.2) is 45.9 Å². The predicted molar refractivity (Wildman–Crippen MR) is 127 cm³/mol.